The van der Waals surface area contributed by atoms with Gasteiger partial charge in [0.1, 0.15) is 6.29 Å². The number of halogens is 1. The Labute approximate surface area is 124 Å². The summed E-state index contributed by atoms with van der Waals surface area (Å²) < 4.78 is 4.59. The number of methoxy groups -OCH3 is 1. The van der Waals surface area contributed by atoms with Crippen LogP contribution >= 0.6 is 11.6 Å². The van der Waals surface area contributed by atoms with E-state index in [2.05, 4.69) is 16.6 Å². The van der Waals surface area contributed by atoms with Gasteiger partial charge in [-0.15, -0.1) is 0 Å². The van der Waals surface area contributed by atoms with Crippen LogP contribution in [0.3, 0.4) is 0 Å². The Morgan fingerprint density at radius 3 is 2.80 bits per heavy atom. The molecule has 0 saturated carbocycles. The van der Waals surface area contributed by atoms with Crippen LogP contribution in [0.15, 0.2) is 47.7 Å². The van der Waals surface area contributed by atoms with E-state index in [-0.39, 0.29) is 0 Å². The minimum absolute atomic E-state index is 0.427. The summed E-state index contributed by atoms with van der Waals surface area (Å²) in [6.45, 7) is 4.16. The van der Waals surface area contributed by atoms with Gasteiger partial charge in [0.05, 0.1) is 7.11 Å². The molecule has 0 atom stereocenters. The predicted molar refractivity (Wildman–Crippen MR) is 81.3 cm³/mol. The van der Waals surface area contributed by atoms with Crippen LogP contribution in [0.25, 0.3) is 0 Å². The average molecular weight is 298 g/mol. The normalized spacial score (nSPS) is 12.3. The maximum Gasteiger partial charge on any atom is 0.332 e. The monoisotopic (exact) mass is 297 g/mol. The first-order valence-corrected chi connectivity index (χ1v) is 6.62. The van der Waals surface area contributed by atoms with Crippen LogP contribution < -0.4 is 5.32 Å². The maximum absolute atomic E-state index is 11.2. The fourth-order valence-corrected chi connectivity index (χ4v) is 1.46. The smallest absolute Gasteiger partial charge is 0.332 e. The van der Waals surface area contributed by atoms with Crippen LogP contribution in [0.2, 0.25) is 0 Å². The van der Waals surface area contributed by atoms with Crippen molar-refractivity contribution in [3.8, 4) is 0 Å². The Balaban J connectivity index is 4.49. The SMILES string of the molecule is C=C/C=C(Cl)\C=C/C/C(=C/C(=O)OC)NCCCC=O. The molecule has 0 spiro atoms. The summed E-state index contributed by atoms with van der Waals surface area (Å²) in [7, 11) is 1.32. The van der Waals surface area contributed by atoms with Crippen molar-refractivity contribution in [3.05, 3.63) is 47.7 Å². The number of unbranched alkanes of at least 4 members (excludes halogenated alkanes) is 1. The van der Waals surface area contributed by atoms with Gasteiger partial charge in [-0.1, -0.05) is 30.3 Å². The summed E-state index contributed by atoms with van der Waals surface area (Å²) in [5.74, 6) is -0.427. The molecule has 0 aromatic heterocycles. The third-order valence-corrected chi connectivity index (χ3v) is 2.49. The average Bonchev–Trinajstić information content (AvgIpc) is 2.43. The third-order valence-electron chi connectivity index (χ3n) is 2.24. The van der Waals surface area contributed by atoms with Crippen molar-refractivity contribution < 1.29 is 14.3 Å². The van der Waals surface area contributed by atoms with Gasteiger partial charge in [-0.25, -0.2) is 4.79 Å². The fourth-order valence-electron chi connectivity index (χ4n) is 1.28. The summed E-state index contributed by atoms with van der Waals surface area (Å²) in [5, 5.41) is 3.65. The van der Waals surface area contributed by atoms with Gasteiger partial charge < -0.3 is 14.8 Å². The van der Waals surface area contributed by atoms with Crippen molar-refractivity contribution in [2.75, 3.05) is 13.7 Å². The first kappa shape index (κ1) is 18.2. The van der Waals surface area contributed by atoms with Crippen molar-refractivity contribution >= 4 is 23.9 Å². The highest BCUT2D eigenvalue weighted by molar-refractivity contribution is 6.31. The van der Waals surface area contributed by atoms with Crippen molar-refractivity contribution in [2.45, 2.75) is 19.3 Å². The molecule has 20 heavy (non-hydrogen) atoms. The molecule has 0 aliphatic carbocycles. The molecule has 0 amide bonds. The van der Waals surface area contributed by atoms with Gasteiger partial charge in [-0.3, -0.25) is 0 Å². The number of esters is 1. The maximum atomic E-state index is 11.2. The van der Waals surface area contributed by atoms with Gasteiger partial charge in [-0.2, -0.15) is 0 Å². The quantitative estimate of drug-likeness (QED) is 0.221. The molecule has 0 aliphatic heterocycles. The van der Waals surface area contributed by atoms with Crippen molar-refractivity contribution in [1.82, 2.24) is 5.32 Å². The number of nitrogens with one attached hydrogen (secondary N) is 1. The van der Waals surface area contributed by atoms with Crippen molar-refractivity contribution in [1.29, 1.82) is 0 Å². The molecule has 0 rings (SSSR count). The van der Waals surface area contributed by atoms with E-state index < -0.39 is 5.97 Å². The minimum atomic E-state index is -0.427. The molecule has 4 nitrogen and oxygen atoms in total. The molecule has 0 aromatic carbocycles. The lowest BCUT2D eigenvalue weighted by molar-refractivity contribution is -0.134. The van der Waals surface area contributed by atoms with Crippen LogP contribution in [-0.2, 0) is 14.3 Å². The molecule has 0 bridgehead atoms. The largest absolute Gasteiger partial charge is 0.466 e. The van der Waals surface area contributed by atoms with E-state index in [0.29, 0.717) is 36.5 Å². The van der Waals surface area contributed by atoms with Crippen LogP contribution in [0, 0.1) is 0 Å². The number of carbonyl (C=O) groups is 2. The Morgan fingerprint density at radius 1 is 1.45 bits per heavy atom. The van der Waals surface area contributed by atoms with E-state index in [0.717, 1.165) is 6.29 Å². The fraction of sp³-hybridized carbons (Fsp3) is 0.333. The third kappa shape index (κ3) is 10.1. The van der Waals surface area contributed by atoms with E-state index in [1.807, 2.05) is 6.08 Å². The summed E-state index contributed by atoms with van der Waals surface area (Å²) in [6, 6.07) is 0. The van der Waals surface area contributed by atoms with Crippen molar-refractivity contribution in [3.63, 3.8) is 0 Å². The summed E-state index contributed by atoms with van der Waals surface area (Å²) in [5.41, 5.74) is 0.710. The molecular weight excluding hydrogens is 278 g/mol. The van der Waals surface area contributed by atoms with E-state index in [9.17, 15) is 9.59 Å². The van der Waals surface area contributed by atoms with E-state index in [1.54, 1.807) is 18.2 Å². The highest BCUT2D eigenvalue weighted by Gasteiger charge is 2.00. The first-order valence-electron chi connectivity index (χ1n) is 6.24. The van der Waals surface area contributed by atoms with Crippen LogP contribution in [0.5, 0.6) is 0 Å². The van der Waals surface area contributed by atoms with Crippen molar-refractivity contribution in [2.24, 2.45) is 0 Å². The van der Waals surface area contributed by atoms with Crippen LogP contribution in [-0.4, -0.2) is 25.9 Å². The lowest BCUT2D eigenvalue weighted by Gasteiger charge is -2.08. The van der Waals surface area contributed by atoms with Gasteiger partial charge in [0, 0.05) is 36.2 Å². The summed E-state index contributed by atoms with van der Waals surface area (Å²) in [4.78, 5) is 21.5. The van der Waals surface area contributed by atoms with Gasteiger partial charge in [0.15, 0.2) is 0 Å². The van der Waals surface area contributed by atoms with E-state index >= 15 is 0 Å². The Kier molecular flexibility index (Phi) is 11.1. The Hall–Kier alpha value is -1.81. The van der Waals surface area contributed by atoms with Crippen LogP contribution in [0.1, 0.15) is 19.3 Å². The molecule has 0 aromatic rings. The van der Waals surface area contributed by atoms with E-state index in [1.165, 1.54) is 13.2 Å². The molecule has 0 fully saturated rings. The molecule has 0 radical (unpaired) electrons. The molecule has 1 N–H and O–H groups in total. The Bertz CT molecular complexity index is 411. The molecule has 0 heterocycles. The second-order valence-electron chi connectivity index (χ2n) is 3.82. The lowest BCUT2D eigenvalue weighted by Crippen LogP contribution is -2.16. The zero-order valence-corrected chi connectivity index (χ0v) is 12.4. The number of hydrogen-bond acceptors (Lipinski definition) is 4. The molecule has 0 aliphatic rings. The summed E-state index contributed by atoms with van der Waals surface area (Å²) >= 11 is 5.88. The first-order chi connectivity index (χ1) is 9.63. The molecule has 110 valence electrons. The molecule has 5 heteroatoms. The van der Waals surface area contributed by atoms with Gasteiger partial charge >= 0.3 is 5.97 Å². The second-order valence-corrected chi connectivity index (χ2v) is 4.26. The standard InChI is InChI=1S/C15H20ClNO3/c1-3-7-13(16)8-6-9-14(12-15(19)20-2)17-10-4-5-11-18/h3,6-8,11-12,17H,1,4-5,9-10H2,2H3/b8-6-,13-7+,14-12-. The predicted octanol–water partition coefficient (Wildman–Crippen LogP) is 2.87. The lowest BCUT2D eigenvalue weighted by atomic mass is 10.2. The highest BCUT2D eigenvalue weighted by Crippen LogP contribution is 2.06. The topological polar surface area (TPSA) is 55.4 Å². The van der Waals surface area contributed by atoms with Gasteiger partial charge in [0.2, 0.25) is 0 Å². The number of aldehydes is 1. The Morgan fingerprint density at radius 2 is 2.20 bits per heavy atom. The van der Waals surface area contributed by atoms with Gasteiger partial charge in [-0.05, 0) is 18.6 Å². The highest BCUT2D eigenvalue weighted by atomic mass is 35.5. The number of hydrogen-bond donors (Lipinski definition) is 1. The molecule has 0 unspecified atom stereocenters. The number of ether oxygens (including phenoxy) is 1. The molecular formula is C15H20ClNO3. The number of allylic oxidation sites excluding steroid dienone is 5. The molecule has 0 saturated heterocycles. The van der Waals surface area contributed by atoms with Gasteiger partial charge in [0.25, 0.3) is 0 Å². The van der Waals surface area contributed by atoms with Crippen LogP contribution in [0.4, 0.5) is 0 Å². The summed E-state index contributed by atoms with van der Waals surface area (Å²) in [6.07, 6.45) is 10.8. The zero-order chi connectivity index (χ0) is 15.2. The number of carbonyl (C=O) groups excluding carboxylic acids is 2. The number of rotatable bonds is 10. The van der Waals surface area contributed by atoms with E-state index in [4.69, 9.17) is 11.6 Å². The second kappa shape index (κ2) is 12.2. The minimum Gasteiger partial charge on any atom is -0.466 e. The zero-order valence-electron chi connectivity index (χ0n) is 11.6.